The van der Waals surface area contributed by atoms with Gasteiger partial charge in [-0.2, -0.15) is 0 Å². The standard InChI is InChI=1S/C13H27FN4/c1-2-16(13-5-9-18(15)10-6-13)11-12-3-7-17(14)8-4-12/h12-13H,2-11,15H2,1H3. The minimum absolute atomic E-state index is 0.615. The Kier molecular flexibility index (Phi) is 5.36. The second kappa shape index (κ2) is 6.80. The van der Waals surface area contributed by atoms with Crippen molar-refractivity contribution < 1.29 is 4.48 Å². The third-order valence-electron chi connectivity index (χ3n) is 4.47. The number of nitrogens with two attached hydrogens (primary N) is 1. The molecule has 2 heterocycles. The van der Waals surface area contributed by atoms with Gasteiger partial charge in [-0.3, -0.25) is 5.84 Å². The first-order chi connectivity index (χ1) is 8.69. The highest BCUT2D eigenvalue weighted by molar-refractivity contribution is 4.80. The van der Waals surface area contributed by atoms with Crippen LogP contribution in [0.5, 0.6) is 0 Å². The van der Waals surface area contributed by atoms with Crippen LogP contribution in [0.1, 0.15) is 32.6 Å². The van der Waals surface area contributed by atoms with E-state index in [0.29, 0.717) is 25.0 Å². The molecule has 0 aliphatic carbocycles. The van der Waals surface area contributed by atoms with Crippen molar-refractivity contribution in [2.24, 2.45) is 11.8 Å². The smallest absolute Gasteiger partial charge is 0.0293 e. The lowest BCUT2D eigenvalue weighted by Crippen LogP contribution is -2.49. The van der Waals surface area contributed by atoms with Crippen molar-refractivity contribution in [3.63, 3.8) is 0 Å². The maximum atomic E-state index is 13.0. The average molecular weight is 258 g/mol. The molecule has 18 heavy (non-hydrogen) atoms. The van der Waals surface area contributed by atoms with Gasteiger partial charge in [0.05, 0.1) is 0 Å². The van der Waals surface area contributed by atoms with E-state index in [1.165, 1.54) is 12.8 Å². The fourth-order valence-corrected chi connectivity index (χ4v) is 3.20. The van der Waals surface area contributed by atoms with Crippen LogP contribution in [0, 0.1) is 5.92 Å². The van der Waals surface area contributed by atoms with Crippen LogP contribution in [-0.2, 0) is 0 Å². The Bertz CT molecular complexity index is 235. The minimum Gasteiger partial charge on any atom is -0.300 e. The van der Waals surface area contributed by atoms with Gasteiger partial charge < -0.3 is 4.90 Å². The third-order valence-corrected chi connectivity index (χ3v) is 4.47. The fourth-order valence-electron chi connectivity index (χ4n) is 3.20. The summed E-state index contributed by atoms with van der Waals surface area (Å²) in [6, 6.07) is 0.679. The molecule has 0 saturated carbocycles. The molecule has 0 aromatic rings. The maximum absolute atomic E-state index is 13.0. The van der Waals surface area contributed by atoms with Crippen molar-refractivity contribution in [1.29, 1.82) is 0 Å². The first-order valence-electron chi connectivity index (χ1n) is 7.33. The Morgan fingerprint density at radius 1 is 1.11 bits per heavy atom. The Hall–Kier alpha value is -0.230. The normalized spacial score (nSPS) is 26.0. The number of hydrazine groups is 1. The average Bonchev–Trinajstić information content (AvgIpc) is 2.39. The van der Waals surface area contributed by atoms with Gasteiger partial charge in [0, 0.05) is 38.8 Å². The van der Waals surface area contributed by atoms with E-state index < -0.39 is 0 Å². The number of nitrogens with zero attached hydrogens (tertiary/aromatic N) is 3. The summed E-state index contributed by atoms with van der Waals surface area (Å²) < 4.78 is 13.0. The van der Waals surface area contributed by atoms with Gasteiger partial charge in [-0.05, 0) is 38.1 Å². The summed E-state index contributed by atoms with van der Waals surface area (Å²) in [5, 5.41) is 2.88. The van der Waals surface area contributed by atoms with Crippen LogP contribution in [0.4, 0.5) is 4.48 Å². The third kappa shape index (κ3) is 3.88. The lowest BCUT2D eigenvalue weighted by atomic mass is 9.95. The molecule has 0 bridgehead atoms. The number of piperidine rings is 2. The van der Waals surface area contributed by atoms with Gasteiger partial charge in [0.1, 0.15) is 0 Å². The molecule has 0 spiro atoms. The van der Waals surface area contributed by atoms with Crippen LogP contribution >= 0.6 is 0 Å². The highest BCUT2D eigenvalue weighted by atomic mass is 19.2. The quantitative estimate of drug-likeness (QED) is 0.608. The van der Waals surface area contributed by atoms with E-state index in [4.69, 9.17) is 5.84 Å². The SMILES string of the molecule is CCN(CC1CCN(F)CC1)C1CCN(N)CC1. The van der Waals surface area contributed by atoms with Crippen LogP contribution < -0.4 is 5.84 Å². The van der Waals surface area contributed by atoms with Crippen LogP contribution in [0.2, 0.25) is 0 Å². The molecule has 2 rings (SSSR count). The van der Waals surface area contributed by atoms with Crippen molar-refractivity contribution in [2.75, 3.05) is 39.3 Å². The second-order valence-electron chi connectivity index (χ2n) is 5.71. The second-order valence-corrected chi connectivity index (χ2v) is 5.71. The van der Waals surface area contributed by atoms with Crippen molar-refractivity contribution in [1.82, 2.24) is 15.0 Å². The van der Waals surface area contributed by atoms with Gasteiger partial charge in [-0.15, -0.1) is 9.60 Å². The van der Waals surface area contributed by atoms with Gasteiger partial charge in [0.15, 0.2) is 0 Å². The Balaban J connectivity index is 1.78. The number of hydrogen-bond donors (Lipinski definition) is 1. The van der Waals surface area contributed by atoms with E-state index >= 15 is 0 Å². The summed E-state index contributed by atoms with van der Waals surface area (Å²) >= 11 is 0. The van der Waals surface area contributed by atoms with Crippen molar-refractivity contribution in [3.8, 4) is 0 Å². The van der Waals surface area contributed by atoms with E-state index in [0.717, 1.165) is 44.1 Å². The van der Waals surface area contributed by atoms with Gasteiger partial charge in [0.25, 0.3) is 0 Å². The molecule has 0 amide bonds. The molecular weight excluding hydrogens is 231 g/mol. The predicted molar refractivity (Wildman–Crippen MR) is 71.4 cm³/mol. The number of hydrogen-bond acceptors (Lipinski definition) is 4. The number of rotatable bonds is 4. The van der Waals surface area contributed by atoms with E-state index in [-0.39, 0.29) is 0 Å². The topological polar surface area (TPSA) is 35.7 Å². The summed E-state index contributed by atoms with van der Waals surface area (Å²) in [6.45, 7) is 7.71. The summed E-state index contributed by atoms with van der Waals surface area (Å²) in [7, 11) is 0. The number of halogens is 1. The van der Waals surface area contributed by atoms with E-state index in [9.17, 15) is 4.48 Å². The van der Waals surface area contributed by atoms with Crippen molar-refractivity contribution in [2.45, 2.75) is 38.6 Å². The molecule has 2 N–H and O–H groups in total. The molecule has 0 radical (unpaired) electrons. The Morgan fingerprint density at radius 2 is 1.72 bits per heavy atom. The zero-order chi connectivity index (χ0) is 13.0. The molecule has 2 aliphatic rings. The minimum atomic E-state index is 0.615. The van der Waals surface area contributed by atoms with Crippen LogP contribution in [0.3, 0.4) is 0 Å². The fraction of sp³-hybridized carbons (Fsp3) is 1.00. The van der Waals surface area contributed by atoms with Crippen LogP contribution in [0.25, 0.3) is 0 Å². The van der Waals surface area contributed by atoms with E-state index in [2.05, 4.69) is 11.8 Å². The Labute approximate surface area is 110 Å². The van der Waals surface area contributed by atoms with E-state index in [1.54, 1.807) is 0 Å². The van der Waals surface area contributed by atoms with Gasteiger partial charge in [0.2, 0.25) is 0 Å². The molecule has 0 unspecified atom stereocenters. The van der Waals surface area contributed by atoms with Crippen molar-refractivity contribution >= 4 is 0 Å². The lowest BCUT2D eigenvalue weighted by molar-refractivity contribution is -0.0170. The summed E-state index contributed by atoms with van der Waals surface area (Å²) in [5.41, 5.74) is 0. The molecule has 2 saturated heterocycles. The maximum Gasteiger partial charge on any atom is 0.0293 e. The molecule has 4 nitrogen and oxygen atoms in total. The first-order valence-corrected chi connectivity index (χ1v) is 7.33. The summed E-state index contributed by atoms with van der Waals surface area (Å²) in [6.07, 6.45) is 4.35. The monoisotopic (exact) mass is 258 g/mol. The van der Waals surface area contributed by atoms with Crippen molar-refractivity contribution in [3.05, 3.63) is 0 Å². The molecule has 2 fully saturated rings. The molecule has 106 valence electrons. The first kappa shape index (κ1) is 14.2. The highest BCUT2D eigenvalue weighted by Gasteiger charge is 2.26. The van der Waals surface area contributed by atoms with Crippen LogP contribution in [-0.4, -0.2) is 60.3 Å². The highest BCUT2D eigenvalue weighted by Crippen LogP contribution is 2.22. The molecule has 0 atom stereocenters. The zero-order valence-corrected chi connectivity index (χ0v) is 11.5. The largest absolute Gasteiger partial charge is 0.300 e. The summed E-state index contributed by atoms with van der Waals surface area (Å²) in [4.78, 5) is 2.59. The van der Waals surface area contributed by atoms with Crippen LogP contribution in [0.15, 0.2) is 0 Å². The molecule has 0 aromatic heterocycles. The van der Waals surface area contributed by atoms with E-state index in [1.807, 2.05) is 5.01 Å². The molecule has 0 aromatic carbocycles. The molecule has 2 aliphatic heterocycles. The predicted octanol–water partition coefficient (Wildman–Crippen LogP) is 1.24. The lowest BCUT2D eigenvalue weighted by Gasteiger charge is -2.39. The van der Waals surface area contributed by atoms with Gasteiger partial charge >= 0.3 is 0 Å². The Morgan fingerprint density at radius 3 is 2.28 bits per heavy atom. The molecule has 5 heteroatoms. The summed E-state index contributed by atoms with van der Waals surface area (Å²) in [5.74, 6) is 6.48. The van der Waals surface area contributed by atoms with Gasteiger partial charge in [-0.25, -0.2) is 5.01 Å². The van der Waals surface area contributed by atoms with Gasteiger partial charge in [-0.1, -0.05) is 6.92 Å². The molecular formula is C13H27FN4. The zero-order valence-electron chi connectivity index (χ0n) is 11.5.